The van der Waals surface area contributed by atoms with Crippen LogP contribution in [0.3, 0.4) is 0 Å². The van der Waals surface area contributed by atoms with Crippen LogP contribution < -0.4 is 4.90 Å². The van der Waals surface area contributed by atoms with E-state index in [9.17, 15) is 28.5 Å². The summed E-state index contributed by atoms with van der Waals surface area (Å²) in [5.74, 6) is -2.98. The Bertz CT molecular complexity index is 1090. The predicted molar refractivity (Wildman–Crippen MR) is 103 cm³/mol. The van der Waals surface area contributed by atoms with Gasteiger partial charge in [-0.25, -0.2) is 18.4 Å². The molecule has 1 heterocycles. The van der Waals surface area contributed by atoms with Gasteiger partial charge < -0.3 is 9.64 Å². The van der Waals surface area contributed by atoms with Crippen molar-refractivity contribution in [2.24, 2.45) is 0 Å². The lowest BCUT2D eigenvalue weighted by Gasteiger charge is -2.40. The van der Waals surface area contributed by atoms with Crippen molar-refractivity contribution >= 4 is 23.4 Å². The van der Waals surface area contributed by atoms with E-state index in [2.05, 4.69) is 0 Å². The van der Waals surface area contributed by atoms with Crippen LogP contribution in [0.5, 0.6) is 0 Å². The van der Waals surface area contributed by atoms with E-state index >= 15 is 0 Å². The van der Waals surface area contributed by atoms with Crippen LogP contribution in [0.1, 0.15) is 18.5 Å². The maximum absolute atomic E-state index is 13.8. The minimum Gasteiger partial charge on any atom is -0.466 e. The Morgan fingerprint density at radius 2 is 1.87 bits per heavy atom. The Hall–Kier alpha value is -3.82. The van der Waals surface area contributed by atoms with Crippen molar-refractivity contribution in [3.8, 4) is 0 Å². The molecule has 0 saturated carbocycles. The van der Waals surface area contributed by atoms with Crippen LogP contribution in [0.2, 0.25) is 0 Å². The molecule has 2 aromatic rings. The molecule has 1 atom stereocenters. The van der Waals surface area contributed by atoms with Gasteiger partial charge in [0.1, 0.15) is 0 Å². The Kier molecular flexibility index (Phi) is 5.50. The number of benzene rings is 2. The summed E-state index contributed by atoms with van der Waals surface area (Å²) in [6, 6.07) is 6.77. The van der Waals surface area contributed by atoms with Gasteiger partial charge in [0.05, 0.1) is 29.3 Å². The molecule has 2 aromatic carbocycles. The van der Waals surface area contributed by atoms with Gasteiger partial charge in [0.2, 0.25) is 0 Å². The first-order valence-corrected chi connectivity index (χ1v) is 8.72. The van der Waals surface area contributed by atoms with Crippen molar-refractivity contribution in [2.75, 3.05) is 19.1 Å². The lowest BCUT2D eigenvalue weighted by Crippen LogP contribution is -2.49. The van der Waals surface area contributed by atoms with E-state index in [1.807, 2.05) is 0 Å². The van der Waals surface area contributed by atoms with Gasteiger partial charge >= 0.3 is 12.0 Å². The van der Waals surface area contributed by atoms with E-state index < -0.39 is 34.6 Å². The number of amides is 2. The highest BCUT2D eigenvalue weighted by Gasteiger charge is 2.41. The standard InChI is InChI=1S/C20H17F2N3O5/c1-11-17(19(26)30-3)18(12-7-8-15(21)16(22)9-12)23(2)20(27)24(11)13-5-4-6-14(10-13)25(28)29/h4-10,18H,1-3H3. The Morgan fingerprint density at radius 1 is 1.17 bits per heavy atom. The van der Waals surface area contributed by atoms with Gasteiger partial charge in [-0.1, -0.05) is 12.1 Å². The first-order chi connectivity index (χ1) is 14.2. The van der Waals surface area contributed by atoms with Crippen molar-refractivity contribution in [2.45, 2.75) is 13.0 Å². The molecular formula is C20H17F2N3O5. The van der Waals surface area contributed by atoms with Crippen LogP contribution in [0.4, 0.5) is 25.0 Å². The van der Waals surface area contributed by atoms with Crippen molar-refractivity contribution < 1.29 is 28.0 Å². The maximum atomic E-state index is 13.8. The molecule has 0 radical (unpaired) electrons. The number of hydrogen-bond donors (Lipinski definition) is 0. The molecule has 8 nitrogen and oxygen atoms in total. The highest BCUT2D eigenvalue weighted by Crippen LogP contribution is 2.39. The monoisotopic (exact) mass is 417 g/mol. The van der Waals surface area contributed by atoms with Gasteiger partial charge in [-0.05, 0) is 30.7 Å². The summed E-state index contributed by atoms with van der Waals surface area (Å²) in [7, 11) is 2.53. The number of carbonyl (C=O) groups excluding carboxylic acids is 2. The number of rotatable bonds is 4. The highest BCUT2D eigenvalue weighted by molar-refractivity contribution is 6.03. The van der Waals surface area contributed by atoms with Gasteiger partial charge in [-0.15, -0.1) is 0 Å². The molecule has 30 heavy (non-hydrogen) atoms. The van der Waals surface area contributed by atoms with Gasteiger partial charge in [-0.2, -0.15) is 0 Å². The lowest BCUT2D eigenvalue weighted by molar-refractivity contribution is -0.384. The first-order valence-electron chi connectivity index (χ1n) is 8.72. The molecule has 10 heteroatoms. The molecule has 0 fully saturated rings. The van der Waals surface area contributed by atoms with E-state index in [4.69, 9.17) is 4.74 Å². The first kappa shape index (κ1) is 20.9. The van der Waals surface area contributed by atoms with Gasteiger partial charge in [0.25, 0.3) is 5.69 Å². The van der Waals surface area contributed by atoms with E-state index in [0.29, 0.717) is 0 Å². The second-order valence-electron chi connectivity index (χ2n) is 6.57. The number of halogens is 2. The normalized spacial score (nSPS) is 16.7. The second-order valence-corrected chi connectivity index (χ2v) is 6.57. The van der Waals surface area contributed by atoms with Crippen LogP contribution in [-0.4, -0.2) is 36.0 Å². The van der Waals surface area contributed by atoms with E-state index in [1.54, 1.807) is 0 Å². The topological polar surface area (TPSA) is 93.0 Å². The molecule has 2 amide bonds. The quantitative estimate of drug-likeness (QED) is 0.427. The molecule has 1 aliphatic heterocycles. The number of urea groups is 1. The van der Waals surface area contributed by atoms with Crippen LogP contribution in [-0.2, 0) is 9.53 Å². The molecule has 0 aliphatic carbocycles. The zero-order valence-electron chi connectivity index (χ0n) is 16.3. The predicted octanol–water partition coefficient (Wildman–Crippen LogP) is 3.93. The minimum absolute atomic E-state index is 0.0112. The number of carbonyl (C=O) groups is 2. The fourth-order valence-corrected chi connectivity index (χ4v) is 3.42. The highest BCUT2D eigenvalue weighted by atomic mass is 19.2. The molecule has 1 aliphatic rings. The molecule has 0 spiro atoms. The average Bonchev–Trinajstić information content (AvgIpc) is 2.72. The number of anilines is 1. The molecule has 0 N–H and O–H groups in total. The number of allylic oxidation sites excluding steroid dienone is 1. The summed E-state index contributed by atoms with van der Waals surface area (Å²) in [4.78, 5) is 38.5. The molecule has 156 valence electrons. The van der Waals surface area contributed by atoms with Crippen molar-refractivity contribution in [1.82, 2.24) is 4.90 Å². The van der Waals surface area contributed by atoms with Crippen LogP contribution in [0, 0.1) is 21.7 Å². The van der Waals surface area contributed by atoms with Gasteiger partial charge in [-0.3, -0.25) is 15.0 Å². The van der Waals surface area contributed by atoms with Crippen molar-refractivity contribution in [1.29, 1.82) is 0 Å². The summed E-state index contributed by atoms with van der Waals surface area (Å²) in [5.41, 5.74) is 0.266. The molecule has 1 unspecified atom stereocenters. The van der Waals surface area contributed by atoms with Crippen LogP contribution in [0.25, 0.3) is 0 Å². The van der Waals surface area contributed by atoms with E-state index in [-0.39, 0.29) is 28.2 Å². The van der Waals surface area contributed by atoms with Crippen molar-refractivity contribution in [3.05, 3.63) is 81.0 Å². The largest absolute Gasteiger partial charge is 0.466 e. The smallest absolute Gasteiger partial charge is 0.337 e. The zero-order valence-corrected chi connectivity index (χ0v) is 16.3. The fourth-order valence-electron chi connectivity index (χ4n) is 3.42. The Labute approximate surface area is 170 Å². The average molecular weight is 417 g/mol. The summed E-state index contributed by atoms with van der Waals surface area (Å²) in [5, 5.41) is 11.1. The van der Waals surface area contributed by atoms with Crippen molar-refractivity contribution in [3.63, 3.8) is 0 Å². The molecule has 0 bridgehead atoms. The Balaban J connectivity index is 2.22. The number of ether oxygens (including phenoxy) is 1. The number of non-ortho nitro benzene ring substituents is 1. The number of esters is 1. The summed E-state index contributed by atoms with van der Waals surface area (Å²) < 4.78 is 32.1. The second kappa shape index (κ2) is 7.90. The Morgan fingerprint density at radius 3 is 2.47 bits per heavy atom. The number of hydrogen-bond acceptors (Lipinski definition) is 5. The molecule has 0 saturated heterocycles. The van der Waals surface area contributed by atoms with Crippen LogP contribution in [0.15, 0.2) is 53.7 Å². The summed E-state index contributed by atoms with van der Waals surface area (Å²) in [6.07, 6.45) is 0. The van der Waals surface area contributed by atoms with E-state index in [1.165, 1.54) is 44.3 Å². The SMILES string of the molecule is COC(=O)C1=C(C)N(c2cccc([N+](=O)[O-])c2)C(=O)N(C)C1c1ccc(F)c(F)c1. The van der Waals surface area contributed by atoms with Gasteiger partial charge in [0.15, 0.2) is 11.6 Å². The minimum atomic E-state index is -1.13. The zero-order chi connectivity index (χ0) is 22.2. The third kappa shape index (κ3) is 3.47. The summed E-state index contributed by atoms with van der Waals surface area (Å²) in [6.45, 7) is 1.48. The molecule has 0 aromatic heterocycles. The summed E-state index contributed by atoms with van der Waals surface area (Å²) >= 11 is 0. The van der Waals surface area contributed by atoms with Crippen LogP contribution >= 0.6 is 0 Å². The number of nitrogens with zero attached hydrogens (tertiary/aromatic N) is 3. The lowest BCUT2D eigenvalue weighted by atomic mass is 9.93. The number of nitro groups is 1. The number of likely N-dealkylation sites (N-methyl/N-ethyl adjacent to an activating group) is 1. The molecule has 3 rings (SSSR count). The molecular weight excluding hydrogens is 400 g/mol. The van der Waals surface area contributed by atoms with Gasteiger partial charge in [0, 0.05) is 24.9 Å². The third-order valence-electron chi connectivity index (χ3n) is 4.84. The third-order valence-corrected chi connectivity index (χ3v) is 4.84. The number of methoxy groups -OCH3 is 1. The number of nitro benzene ring substituents is 1. The van der Waals surface area contributed by atoms with E-state index in [0.717, 1.165) is 29.0 Å². The maximum Gasteiger partial charge on any atom is 0.337 e. The fraction of sp³-hybridized carbons (Fsp3) is 0.200.